The van der Waals surface area contributed by atoms with E-state index in [1.165, 1.54) is 10.7 Å². The highest BCUT2D eigenvalue weighted by molar-refractivity contribution is 5.76. The molecule has 0 aromatic carbocycles. The summed E-state index contributed by atoms with van der Waals surface area (Å²) in [4.78, 5) is 14.5. The Morgan fingerprint density at radius 2 is 2.04 bits per heavy atom. The van der Waals surface area contributed by atoms with Gasteiger partial charge in [0.15, 0.2) is 5.82 Å². The standard InChI is InChI=1S/C17H24F2N6O/c1-10(2)5-13-7-23(8-15-21-20-12(4)25(13)15)16(26)9-24-11(3)6-14(22-24)17(18)19/h6,10,13,17H,5,7-9H2,1-4H3/t13-/m0/s1. The third-order valence-corrected chi connectivity index (χ3v) is 4.67. The van der Waals surface area contributed by atoms with Crippen LogP contribution in [0.15, 0.2) is 6.07 Å². The summed E-state index contributed by atoms with van der Waals surface area (Å²) in [7, 11) is 0. The molecule has 0 unspecified atom stereocenters. The first-order valence-electron chi connectivity index (χ1n) is 8.77. The van der Waals surface area contributed by atoms with Crippen LogP contribution in [0.3, 0.4) is 0 Å². The fourth-order valence-corrected chi connectivity index (χ4v) is 3.51. The number of alkyl halides is 2. The van der Waals surface area contributed by atoms with Crippen LogP contribution in [0.5, 0.6) is 0 Å². The molecule has 3 heterocycles. The number of amides is 1. The fraction of sp³-hybridized carbons (Fsp3) is 0.647. The van der Waals surface area contributed by atoms with Gasteiger partial charge in [-0.2, -0.15) is 5.10 Å². The number of carbonyl (C=O) groups is 1. The maximum atomic E-state index is 12.8. The van der Waals surface area contributed by atoms with Crippen LogP contribution in [0, 0.1) is 19.8 Å². The third-order valence-electron chi connectivity index (χ3n) is 4.67. The summed E-state index contributed by atoms with van der Waals surface area (Å²) in [5.74, 6) is 1.92. The zero-order valence-corrected chi connectivity index (χ0v) is 15.5. The van der Waals surface area contributed by atoms with Gasteiger partial charge in [0.1, 0.15) is 18.1 Å². The van der Waals surface area contributed by atoms with Crippen molar-refractivity contribution in [1.29, 1.82) is 0 Å². The summed E-state index contributed by atoms with van der Waals surface area (Å²) in [5.41, 5.74) is 0.241. The van der Waals surface area contributed by atoms with Gasteiger partial charge in [0, 0.05) is 12.2 Å². The van der Waals surface area contributed by atoms with Crippen molar-refractivity contribution in [2.24, 2.45) is 5.92 Å². The van der Waals surface area contributed by atoms with Crippen molar-refractivity contribution < 1.29 is 13.6 Å². The Hall–Kier alpha value is -2.32. The van der Waals surface area contributed by atoms with Gasteiger partial charge in [-0.25, -0.2) is 8.78 Å². The quantitative estimate of drug-likeness (QED) is 0.816. The molecule has 1 amide bonds. The Balaban J connectivity index is 1.78. The van der Waals surface area contributed by atoms with Gasteiger partial charge < -0.3 is 9.47 Å². The first-order chi connectivity index (χ1) is 12.3. The number of hydrogen-bond donors (Lipinski definition) is 0. The molecule has 0 bridgehead atoms. The molecule has 2 aromatic rings. The number of halogens is 2. The highest BCUT2D eigenvalue weighted by Crippen LogP contribution is 2.27. The maximum Gasteiger partial charge on any atom is 0.282 e. The van der Waals surface area contributed by atoms with Crippen LogP contribution in [-0.2, 0) is 17.9 Å². The van der Waals surface area contributed by atoms with Crippen molar-refractivity contribution in [2.45, 2.75) is 59.7 Å². The largest absolute Gasteiger partial charge is 0.331 e. The molecule has 1 aliphatic rings. The minimum Gasteiger partial charge on any atom is -0.331 e. The Bertz CT molecular complexity index is 797. The second kappa shape index (κ2) is 7.13. The molecule has 0 saturated carbocycles. The van der Waals surface area contributed by atoms with E-state index in [1.54, 1.807) is 11.8 Å². The van der Waals surface area contributed by atoms with Gasteiger partial charge in [0.2, 0.25) is 5.91 Å². The molecule has 0 N–H and O–H groups in total. The Kier molecular flexibility index (Phi) is 5.06. The monoisotopic (exact) mass is 366 g/mol. The molecule has 1 aliphatic heterocycles. The lowest BCUT2D eigenvalue weighted by atomic mass is 10.0. The maximum absolute atomic E-state index is 12.8. The number of carbonyl (C=O) groups excluding carboxylic acids is 1. The molecule has 0 aliphatic carbocycles. The number of fused-ring (bicyclic) bond motifs is 1. The summed E-state index contributed by atoms with van der Waals surface area (Å²) in [5, 5.41) is 12.2. The third kappa shape index (κ3) is 3.61. The van der Waals surface area contributed by atoms with Gasteiger partial charge in [0.05, 0.1) is 12.6 Å². The lowest BCUT2D eigenvalue weighted by Crippen LogP contribution is -2.43. The van der Waals surface area contributed by atoms with E-state index in [4.69, 9.17) is 0 Å². The van der Waals surface area contributed by atoms with Gasteiger partial charge in [-0.15, -0.1) is 10.2 Å². The highest BCUT2D eigenvalue weighted by atomic mass is 19.3. The predicted octanol–water partition coefficient (Wildman–Crippen LogP) is 2.66. The van der Waals surface area contributed by atoms with E-state index < -0.39 is 6.43 Å². The minimum absolute atomic E-state index is 0.0555. The first-order valence-corrected chi connectivity index (χ1v) is 8.77. The lowest BCUT2D eigenvalue weighted by Gasteiger charge is -2.35. The number of aromatic nitrogens is 5. The summed E-state index contributed by atoms with van der Waals surface area (Å²) >= 11 is 0. The molecule has 0 spiro atoms. The number of aryl methyl sites for hydroxylation is 2. The molecule has 0 fully saturated rings. The zero-order chi connectivity index (χ0) is 19.0. The van der Waals surface area contributed by atoms with Crippen LogP contribution in [-0.4, -0.2) is 41.9 Å². The molecule has 1 atom stereocenters. The molecule has 0 saturated heterocycles. The summed E-state index contributed by atoms with van der Waals surface area (Å²) in [6, 6.07) is 1.43. The molecule has 0 radical (unpaired) electrons. The van der Waals surface area contributed by atoms with Crippen molar-refractivity contribution in [3.05, 3.63) is 29.1 Å². The second-order valence-electron chi connectivity index (χ2n) is 7.26. The summed E-state index contributed by atoms with van der Waals surface area (Å²) in [6.07, 6.45) is -1.73. The van der Waals surface area contributed by atoms with Crippen molar-refractivity contribution in [3.8, 4) is 0 Å². The molecule has 7 nitrogen and oxygen atoms in total. The molecule has 2 aromatic heterocycles. The molecular formula is C17H24F2N6O. The van der Waals surface area contributed by atoms with Gasteiger partial charge in [-0.3, -0.25) is 9.48 Å². The van der Waals surface area contributed by atoms with E-state index in [2.05, 4.69) is 33.7 Å². The zero-order valence-electron chi connectivity index (χ0n) is 15.5. The number of hydrogen-bond acceptors (Lipinski definition) is 4. The fourth-order valence-electron chi connectivity index (χ4n) is 3.51. The number of rotatable bonds is 5. The normalized spacial score (nSPS) is 17.2. The van der Waals surface area contributed by atoms with Crippen molar-refractivity contribution in [2.75, 3.05) is 6.54 Å². The van der Waals surface area contributed by atoms with E-state index in [9.17, 15) is 13.6 Å². The smallest absolute Gasteiger partial charge is 0.282 e. The van der Waals surface area contributed by atoms with Gasteiger partial charge in [0.25, 0.3) is 6.43 Å². The highest BCUT2D eigenvalue weighted by Gasteiger charge is 2.31. The van der Waals surface area contributed by atoms with Crippen LogP contribution < -0.4 is 0 Å². The van der Waals surface area contributed by atoms with Crippen LogP contribution in [0.1, 0.15) is 55.8 Å². The predicted molar refractivity (Wildman–Crippen MR) is 90.6 cm³/mol. The molecule has 26 heavy (non-hydrogen) atoms. The van der Waals surface area contributed by atoms with E-state index in [1.807, 2.05) is 6.92 Å². The van der Waals surface area contributed by atoms with Crippen molar-refractivity contribution in [1.82, 2.24) is 29.4 Å². The number of nitrogens with zero attached hydrogens (tertiary/aromatic N) is 6. The summed E-state index contributed by atoms with van der Waals surface area (Å²) < 4.78 is 29.1. The van der Waals surface area contributed by atoms with Gasteiger partial charge in [-0.05, 0) is 32.3 Å². The Morgan fingerprint density at radius 1 is 1.31 bits per heavy atom. The molecule has 142 valence electrons. The Labute approximate surface area is 151 Å². The van der Waals surface area contributed by atoms with E-state index >= 15 is 0 Å². The van der Waals surface area contributed by atoms with E-state index in [0.717, 1.165) is 18.1 Å². The molecule has 9 heteroatoms. The van der Waals surface area contributed by atoms with Crippen LogP contribution >= 0.6 is 0 Å². The van der Waals surface area contributed by atoms with Crippen LogP contribution in [0.2, 0.25) is 0 Å². The van der Waals surface area contributed by atoms with Gasteiger partial charge >= 0.3 is 0 Å². The van der Waals surface area contributed by atoms with Gasteiger partial charge in [-0.1, -0.05) is 13.8 Å². The van der Waals surface area contributed by atoms with Crippen molar-refractivity contribution in [3.63, 3.8) is 0 Å². The minimum atomic E-state index is -2.64. The SMILES string of the molecule is Cc1cc(C(F)F)nn1CC(=O)N1Cc2nnc(C)n2[C@@H](CC(C)C)C1. The van der Waals surface area contributed by atoms with Crippen LogP contribution in [0.4, 0.5) is 8.78 Å². The lowest BCUT2D eigenvalue weighted by molar-refractivity contribution is -0.134. The molecule has 3 rings (SSSR count). The van der Waals surface area contributed by atoms with E-state index in [-0.39, 0.29) is 24.2 Å². The van der Waals surface area contributed by atoms with Crippen molar-refractivity contribution >= 4 is 5.91 Å². The second-order valence-corrected chi connectivity index (χ2v) is 7.26. The Morgan fingerprint density at radius 3 is 2.65 bits per heavy atom. The van der Waals surface area contributed by atoms with E-state index in [0.29, 0.717) is 24.7 Å². The van der Waals surface area contributed by atoms with Crippen LogP contribution in [0.25, 0.3) is 0 Å². The first kappa shape index (κ1) is 18.5. The average Bonchev–Trinajstić information content (AvgIpc) is 3.11. The average molecular weight is 366 g/mol. The molecular weight excluding hydrogens is 342 g/mol. The summed E-state index contributed by atoms with van der Waals surface area (Å²) in [6.45, 7) is 8.74. The topological polar surface area (TPSA) is 68.8 Å².